The van der Waals surface area contributed by atoms with Crippen molar-refractivity contribution >= 4 is 0 Å². The summed E-state index contributed by atoms with van der Waals surface area (Å²) in [5.41, 5.74) is 9.75. The van der Waals surface area contributed by atoms with Gasteiger partial charge in [-0.3, -0.25) is 4.68 Å². The highest BCUT2D eigenvalue weighted by Gasteiger charge is 2.30. The van der Waals surface area contributed by atoms with Gasteiger partial charge in [-0.25, -0.2) is 0 Å². The summed E-state index contributed by atoms with van der Waals surface area (Å²) < 4.78 is 2.25. The van der Waals surface area contributed by atoms with Crippen molar-refractivity contribution in [3.05, 3.63) is 17.0 Å². The first-order chi connectivity index (χ1) is 8.04. The summed E-state index contributed by atoms with van der Waals surface area (Å²) in [4.78, 5) is 0. The van der Waals surface area contributed by atoms with Crippen molar-refractivity contribution in [1.82, 2.24) is 9.78 Å². The smallest absolute Gasteiger partial charge is 0.0625 e. The van der Waals surface area contributed by atoms with Gasteiger partial charge in [0.15, 0.2) is 0 Å². The molecule has 17 heavy (non-hydrogen) atoms. The Hall–Kier alpha value is -0.830. The van der Waals surface area contributed by atoms with E-state index in [1.54, 1.807) is 0 Å². The molecule has 96 valence electrons. The standard InChI is InChI=1S/C14H25N3/c1-9-5-6-13(8-15)14(7-9)17-12(4)10(2)11(3)16-17/h9,13-14H,5-8,15H2,1-4H3. The molecule has 1 aromatic heterocycles. The molecule has 3 nitrogen and oxygen atoms in total. The predicted molar refractivity (Wildman–Crippen MR) is 71.0 cm³/mol. The summed E-state index contributed by atoms with van der Waals surface area (Å²) in [7, 11) is 0. The highest BCUT2D eigenvalue weighted by Crippen LogP contribution is 2.37. The lowest BCUT2D eigenvalue weighted by Gasteiger charge is -2.35. The fourth-order valence-electron chi connectivity index (χ4n) is 3.06. The Morgan fingerprint density at radius 1 is 1.29 bits per heavy atom. The number of hydrogen-bond donors (Lipinski definition) is 1. The molecule has 1 aliphatic rings. The second-order valence-electron chi connectivity index (χ2n) is 5.72. The van der Waals surface area contributed by atoms with E-state index in [4.69, 9.17) is 10.8 Å². The minimum atomic E-state index is 0.510. The number of aromatic nitrogens is 2. The third kappa shape index (κ3) is 2.25. The van der Waals surface area contributed by atoms with Gasteiger partial charge in [0.25, 0.3) is 0 Å². The minimum absolute atomic E-state index is 0.510. The molecule has 0 amide bonds. The lowest BCUT2D eigenvalue weighted by molar-refractivity contribution is 0.182. The number of hydrogen-bond acceptors (Lipinski definition) is 2. The summed E-state index contributed by atoms with van der Waals surface area (Å²) in [5, 5.41) is 4.73. The predicted octanol–water partition coefficient (Wildman–Crippen LogP) is 2.74. The molecule has 1 heterocycles. The lowest BCUT2D eigenvalue weighted by atomic mass is 9.79. The fraction of sp³-hybridized carbons (Fsp3) is 0.786. The average molecular weight is 235 g/mol. The van der Waals surface area contributed by atoms with Crippen LogP contribution >= 0.6 is 0 Å². The Morgan fingerprint density at radius 2 is 2.00 bits per heavy atom. The maximum atomic E-state index is 5.93. The molecule has 3 atom stereocenters. The van der Waals surface area contributed by atoms with E-state index in [1.807, 2.05) is 0 Å². The van der Waals surface area contributed by atoms with Gasteiger partial charge in [-0.1, -0.05) is 13.3 Å². The molecule has 0 bridgehead atoms. The zero-order valence-corrected chi connectivity index (χ0v) is 11.5. The third-order valence-corrected chi connectivity index (χ3v) is 4.52. The fourth-order valence-corrected chi connectivity index (χ4v) is 3.06. The molecule has 1 aliphatic carbocycles. The maximum absolute atomic E-state index is 5.93. The zero-order chi connectivity index (χ0) is 12.6. The lowest BCUT2D eigenvalue weighted by Crippen LogP contribution is -2.32. The molecule has 0 radical (unpaired) electrons. The van der Waals surface area contributed by atoms with Crippen LogP contribution in [0.3, 0.4) is 0 Å². The van der Waals surface area contributed by atoms with Crippen LogP contribution in [0.2, 0.25) is 0 Å². The van der Waals surface area contributed by atoms with E-state index in [0.29, 0.717) is 12.0 Å². The zero-order valence-electron chi connectivity index (χ0n) is 11.5. The molecule has 0 aliphatic heterocycles. The Bertz CT molecular complexity index is 394. The van der Waals surface area contributed by atoms with Crippen molar-refractivity contribution in [2.45, 2.75) is 53.0 Å². The largest absolute Gasteiger partial charge is 0.330 e. The van der Waals surface area contributed by atoms with Crippen LogP contribution in [0.4, 0.5) is 0 Å². The highest BCUT2D eigenvalue weighted by atomic mass is 15.3. The van der Waals surface area contributed by atoms with Gasteiger partial charge in [-0.2, -0.15) is 5.10 Å². The number of aryl methyl sites for hydroxylation is 1. The summed E-state index contributed by atoms with van der Waals surface area (Å²) in [6, 6.07) is 0.510. The normalized spacial score (nSPS) is 29.6. The van der Waals surface area contributed by atoms with Crippen LogP contribution in [0.25, 0.3) is 0 Å². The summed E-state index contributed by atoms with van der Waals surface area (Å²) >= 11 is 0. The van der Waals surface area contributed by atoms with Crippen molar-refractivity contribution in [2.75, 3.05) is 6.54 Å². The molecule has 0 saturated heterocycles. The van der Waals surface area contributed by atoms with Crippen molar-refractivity contribution < 1.29 is 0 Å². The van der Waals surface area contributed by atoms with Gasteiger partial charge in [0, 0.05) is 5.69 Å². The molecule has 0 aromatic carbocycles. The molecule has 1 fully saturated rings. The van der Waals surface area contributed by atoms with Gasteiger partial charge in [-0.15, -0.1) is 0 Å². The van der Waals surface area contributed by atoms with Crippen molar-refractivity contribution in [3.63, 3.8) is 0 Å². The summed E-state index contributed by atoms with van der Waals surface area (Å²) in [6.07, 6.45) is 3.79. The highest BCUT2D eigenvalue weighted by molar-refractivity contribution is 5.23. The van der Waals surface area contributed by atoms with Crippen molar-refractivity contribution in [3.8, 4) is 0 Å². The first-order valence-corrected chi connectivity index (χ1v) is 6.77. The molecular formula is C14H25N3. The summed E-state index contributed by atoms with van der Waals surface area (Å²) in [5.74, 6) is 1.40. The van der Waals surface area contributed by atoms with Crippen LogP contribution in [0.1, 0.15) is 49.2 Å². The topological polar surface area (TPSA) is 43.8 Å². The van der Waals surface area contributed by atoms with E-state index in [0.717, 1.165) is 18.2 Å². The van der Waals surface area contributed by atoms with Crippen LogP contribution in [0, 0.1) is 32.6 Å². The Kier molecular flexibility index (Phi) is 3.57. The minimum Gasteiger partial charge on any atom is -0.330 e. The summed E-state index contributed by atoms with van der Waals surface area (Å²) in [6.45, 7) is 9.58. The van der Waals surface area contributed by atoms with Crippen LogP contribution in [-0.4, -0.2) is 16.3 Å². The maximum Gasteiger partial charge on any atom is 0.0625 e. The van der Waals surface area contributed by atoms with Gasteiger partial charge in [0.05, 0.1) is 11.7 Å². The van der Waals surface area contributed by atoms with Crippen molar-refractivity contribution in [2.24, 2.45) is 17.6 Å². The Morgan fingerprint density at radius 3 is 2.53 bits per heavy atom. The van der Waals surface area contributed by atoms with E-state index in [9.17, 15) is 0 Å². The van der Waals surface area contributed by atoms with Crippen LogP contribution < -0.4 is 5.73 Å². The number of nitrogens with two attached hydrogens (primary N) is 1. The van der Waals surface area contributed by atoms with Gasteiger partial charge in [0.2, 0.25) is 0 Å². The van der Waals surface area contributed by atoms with E-state index in [-0.39, 0.29) is 0 Å². The average Bonchev–Trinajstić information content (AvgIpc) is 2.57. The molecule has 3 heteroatoms. The number of nitrogens with zero attached hydrogens (tertiary/aromatic N) is 2. The first-order valence-electron chi connectivity index (χ1n) is 6.77. The quantitative estimate of drug-likeness (QED) is 0.856. The van der Waals surface area contributed by atoms with Gasteiger partial charge < -0.3 is 5.73 Å². The first kappa shape index (κ1) is 12.6. The molecule has 1 aromatic rings. The SMILES string of the molecule is Cc1nn(C2CC(C)CCC2CN)c(C)c1C. The van der Waals surface area contributed by atoms with E-state index >= 15 is 0 Å². The second kappa shape index (κ2) is 4.81. The van der Waals surface area contributed by atoms with E-state index in [1.165, 1.54) is 30.5 Å². The third-order valence-electron chi connectivity index (χ3n) is 4.52. The molecule has 2 rings (SSSR count). The van der Waals surface area contributed by atoms with E-state index < -0.39 is 0 Å². The van der Waals surface area contributed by atoms with Crippen LogP contribution in [-0.2, 0) is 0 Å². The Balaban J connectivity index is 2.32. The van der Waals surface area contributed by atoms with Crippen LogP contribution in [0.5, 0.6) is 0 Å². The molecule has 3 unspecified atom stereocenters. The second-order valence-corrected chi connectivity index (χ2v) is 5.72. The molecular weight excluding hydrogens is 210 g/mol. The molecule has 0 spiro atoms. The number of rotatable bonds is 2. The monoisotopic (exact) mass is 235 g/mol. The Labute approximate surface area is 104 Å². The molecule has 1 saturated carbocycles. The molecule has 2 N–H and O–H groups in total. The van der Waals surface area contributed by atoms with E-state index in [2.05, 4.69) is 32.4 Å². The van der Waals surface area contributed by atoms with Crippen LogP contribution in [0.15, 0.2) is 0 Å². The van der Waals surface area contributed by atoms with Gasteiger partial charge in [0.1, 0.15) is 0 Å². The van der Waals surface area contributed by atoms with Gasteiger partial charge >= 0.3 is 0 Å². The van der Waals surface area contributed by atoms with Gasteiger partial charge in [-0.05, 0) is 57.6 Å². The van der Waals surface area contributed by atoms with Crippen molar-refractivity contribution in [1.29, 1.82) is 0 Å².